The Kier molecular flexibility index (Phi) is 7.14. The lowest BCUT2D eigenvalue weighted by Gasteiger charge is -2.03. The van der Waals surface area contributed by atoms with E-state index in [1.54, 1.807) is 24.3 Å². The molecule has 6 heteroatoms. The highest BCUT2D eigenvalue weighted by atomic mass is 16.5. The summed E-state index contributed by atoms with van der Waals surface area (Å²) in [6.07, 6.45) is 9.94. The van der Waals surface area contributed by atoms with Crippen molar-refractivity contribution in [2.45, 2.75) is 12.8 Å². The van der Waals surface area contributed by atoms with Gasteiger partial charge < -0.3 is 18.3 Å². The second-order valence-corrected chi connectivity index (χ2v) is 4.74. The number of furan rings is 2. The van der Waals surface area contributed by atoms with Crippen LogP contribution in [0.2, 0.25) is 0 Å². The molecule has 0 saturated carbocycles. The first kappa shape index (κ1) is 17.3. The lowest BCUT2D eigenvalue weighted by Crippen LogP contribution is -2.06. The van der Waals surface area contributed by atoms with E-state index in [4.69, 9.17) is 18.3 Å². The monoisotopic (exact) mass is 330 g/mol. The maximum absolute atomic E-state index is 11.4. The van der Waals surface area contributed by atoms with E-state index in [1.165, 1.54) is 36.8 Å². The van der Waals surface area contributed by atoms with Gasteiger partial charge in [-0.15, -0.1) is 0 Å². The molecule has 0 radical (unpaired) electrons. The van der Waals surface area contributed by atoms with Crippen LogP contribution in [0.25, 0.3) is 12.2 Å². The maximum Gasteiger partial charge on any atom is 0.330 e. The van der Waals surface area contributed by atoms with Crippen LogP contribution in [0.3, 0.4) is 0 Å². The van der Waals surface area contributed by atoms with Crippen molar-refractivity contribution in [2.24, 2.45) is 0 Å². The number of hydrogen-bond acceptors (Lipinski definition) is 6. The molecule has 0 aliphatic rings. The fourth-order valence-corrected chi connectivity index (χ4v) is 1.72. The quantitative estimate of drug-likeness (QED) is 0.398. The minimum Gasteiger partial charge on any atom is -0.465 e. The summed E-state index contributed by atoms with van der Waals surface area (Å²) in [5, 5.41) is 0. The first-order valence-corrected chi connectivity index (χ1v) is 7.51. The normalized spacial score (nSPS) is 11.2. The number of carbonyl (C=O) groups is 2. The van der Waals surface area contributed by atoms with Gasteiger partial charge in [0.2, 0.25) is 0 Å². The van der Waals surface area contributed by atoms with Crippen molar-refractivity contribution < 1.29 is 27.9 Å². The first-order valence-electron chi connectivity index (χ1n) is 7.51. The third-order valence-corrected chi connectivity index (χ3v) is 2.88. The highest BCUT2D eigenvalue weighted by molar-refractivity contribution is 5.87. The molecular weight excluding hydrogens is 312 g/mol. The summed E-state index contributed by atoms with van der Waals surface area (Å²) in [6.45, 7) is 0.530. The molecule has 126 valence electrons. The van der Waals surface area contributed by atoms with Crippen LogP contribution in [-0.2, 0) is 19.1 Å². The van der Waals surface area contributed by atoms with Crippen LogP contribution >= 0.6 is 0 Å². The van der Waals surface area contributed by atoms with Gasteiger partial charge in [-0.25, -0.2) is 9.59 Å². The molecule has 0 bridgehead atoms. The van der Waals surface area contributed by atoms with Gasteiger partial charge in [0, 0.05) is 12.2 Å². The van der Waals surface area contributed by atoms with Crippen molar-refractivity contribution in [3.63, 3.8) is 0 Å². The van der Waals surface area contributed by atoms with E-state index in [-0.39, 0.29) is 13.2 Å². The number of unbranched alkanes of at least 4 members (excludes halogenated alkanes) is 1. The molecule has 2 aromatic heterocycles. The highest BCUT2D eigenvalue weighted by Gasteiger charge is 2.00. The number of ether oxygens (including phenoxy) is 2. The number of rotatable bonds is 9. The molecule has 0 aliphatic carbocycles. The Bertz CT molecular complexity index is 604. The Labute approximate surface area is 139 Å². The Hall–Kier alpha value is -3.02. The van der Waals surface area contributed by atoms with Crippen molar-refractivity contribution in [1.29, 1.82) is 0 Å². The summed E-state index contributed by atoms with van der Waals surface area (Å²) in [4.78, 5) is 22.8. The minimum atomic E-state index is -0.440. The Balaban J connectivity index is 1.50. The van der Waals surface area contributed by atoms with Gasteiger partial charge in [0.25, 0.3) is 0 Å². The lowest BCUT2D eigenvalue weighted by atomic mass is 10.3. The van der Waals surface area contributed by atoms with Gasteiger partial charge in [0.1, 0.15) is 11.5 Å². The van der Waals surface area contributed by atoms with E-state index in [0.717, 1.165) is 0 Å². The Morgan fingerprint density at radius 3 is 1.67 bits per heavy atom. The Morgan fingerprint density at radius 1 is 0.833 bits per heavy atom. The van der Waals surface area contributed by atoms with Gasteiger partial charge in [0.05, 0.1) is 25.7 Å². The van der Waals surface area contributed by atoms with Crippen LogP contribution < -0.4 is 0 Å². The van der Waals surface area contributed by atoms with E-state index in [0.29, 0.717) is 24.4 Å². The topological polar surface area (TPSA) is 78.9 Å². The van der Waals surface area contributed by atoms with E-state index < -0.39 is 11.9 Å². The Morgan fingerprint density at radius 2 is 1.29 bits per heavy atom. The molecule has 2 rings (SSSR count). The van der Waals surface area contributed by atoms with Gasteiger partial charge in [0.15, 0.2) is 0 Å². The molecule has 24 heavy (non-hydrogen) atoms. The van der Waals surface area contributed by atoms with Gasteiger partial charge >= 0.3 is 11.9 Å². The molecule has 2 heterocycles. The summed E-state index contributed by atoms with van der Waals surface area (Å²) in [5.41, 5.74) is 0. The molecule has 0 saturated heterocycles. The van der Waals surface area contributed by atoms with E-state index >= 15 is 0 Å². The zero-order valence-corrected chi connectivity index (χ0v) is 13.1. The van der Waals surface area contributed by atoms with Gasteiger partial charge in [-0.05, 0) is 49.3 Å². The van der Waals surface area contributed by atoms with Gasteiger partial charge in [-0.1, -0.05) is 0 Å². The second-order valence-electron chi connectivity index (χ2n) is 4.74. The van der Waals surface area contributed by atoms with Crippen LogP contribution in [0.4, 0.5) is 0 Å². The van der Waals surface area contributed by atoms with Crippen LogP contribution in [0.15, 0.2) is 57.8 Å². The van der Waals surface area contributed by atoms with Crippen LogP contribution in [0.1, 0.15) is 24.4 Å². The maximum atomic E-state index is 11.4. The van der Waals surface area contributed by atoms with Crippen LogP contribution in [0, 0.1) is 0 Å². The van der Waals surface area contributed by atoms with Crippen LogP contribution in [0.5, 0.6) is 0 Å². The predicted molar refractivity (Wildman–Crippen MR) is 86.6 cm³/mol. The van der Waals surface area contributed by atoms with Gasteiger partial charge in [-0.3, -0.25) is 0 Å². The minimum absolute atomic E-state index is 0.265. The van der Waals surface area contributed by atoms with Crippen molar-refractivity contribution in [2.75, 3.05) is 13.2 Å². The molecule has 0 fully saturated rings. The van der Waals surface area contributed by atoms with Gasteiger partial charge in [-0.2, -0.15) is 0 Å². The fourth-order valence-electron chi connectivity index (χ4n) is 1.72. The smallest absolute Gasteiger partial charge is 0.330 e. The lowest BCUT2D eigenvalue weighted by molar-refractivity contribution is -0.140. The van der Waals surface area contributed by atoms with Crippen molar-refractivity contribution in [3.05, 3.63) is 60.5 Å². The summed E-state index contributed by atoms with van der Waals surface area (Å²) < 4.78 is 20.1. The summed E-state index contributed by atoms with van der Waals surface area (Å²) in [5.74, 6) is 0.289. The zero-order valence-electron chi connectivity index (χ0n) is 13.1. The molecule has 0 unspecified atom stereocenters. The second kappa shape index (κ2) is 9.89. The van der Waals surface area contributed by atoms with E-state index in [1.807, 2.05) is 0 Å². The molecule has 6 nitrogen and oxygen atoms in total. The number of carbonyl (C=O) groups excluding carboxylic acids is 2. The summed E-state index contributed by atoms with van der Waals surface area (Å²) in [6, 6.07) is 6.93. The first-order chi connectivity index (χ1) is 11.7. The molecular formula is C18H18O6. The highest BCUT2D eigenvalue weighted by Crippen LogP contribution is 2.04. The predicted octanol–water partition coefficient (Wildman–Crippen LogP) is 3.47. The summed E-state index contributed by atoms with van der Waals surface area (Å²) in [7, 11) is 0. The van der Waals surface area contributed by atoms with Crippen molar-refractivity contribution in [3.8, 4) is 0 Å². The average molecular weight is 330 g/mol. The molecule has 0 atom stereocenters. The van der Waals surface area contributed by atoms with Crippen molar-refractivity contribution in [1.82, 2.24) is 0 Å². The summed E-state index contributed by atoms with van der Waals surface area (Å²) >= 11 is 0. The number of esters is 2. The molecule has 0 amide bonds. The zero-order chi connectivity index (χ0) is 17.0. The third-order valence-electron chi connectivity index (χ3n) is 2.88. The van der Waals surface area contributed by atoms with Crippen LogP contribution in [-0.4, -0.2) is 25.2 Å². The van der Waals surface area contributed by atoms with E-state index in [9.17, 15) is 9.59 Å². The SMILES string of the molecule is O=C(C=Cc1ccco1)OCCCCOC(=O)C=Cc1ccco1. The molecule has 0 spiro atoms. The van der Waals surface area contributed by atoms with Crippen molar-refractivity contribution >= 4 is 24.1 Å². The third kappa shape index (κ3) is 6.83. The largest absolute Gasteiger partial charge is 0.465 e. The molecule has 2 aromatic rings. The van der Waals surface area contributed by atoms with E-state index in [2.05, 4.69) is 0 Å². The number of hydrogen-bond donors (Lipinski definition) is 0. The standard InChI is InChI=1S/C18H18O6/c19-17(9-7-15-5-3-13-21-15)23-11-1-2-12-24-18(20)10-8-16-6-4-14-22-16/h3-10,13-14H,1-2,11-12H2. The fraction of sp³-hybridized carbons (Fsp3) is 0.222. The molecule has 0 N–H and O–H groups in total. The average Bonchev–Trinajstić information content (AvgIpc) is 3.27. The molecule has 0 aliphatic heterocycles. The molecule has 0 aromatic carbocycles.